The zero-order valence-corrected chi connectivity index (χ0v) is 15.4. The highest BCUT2D eigenvalue weighted by Gasteiger charge is 2.27. The predicted octanol–water partition coefficient (Wildman–Crippen LogP) is 2.55. The summed E-state index contributed by atoms with van der Waals surface area (Å²) in [5.41, 5.74) is 1.60. The van der Waals surface area contributed by atoms with Crippen LogP contribution in [-0.4, -0.2) is 63.0 Å². The van der Waals surface area contributed by atoms with Gasteiger partial charge in [0.25, 0.3) is 0 Å². The van der Waals surface area contributed by atoms with Gasteiger partial charge in [-0.15, -0.1) is 0 Å². The molecule has 3 heterocycles. The number of nitrogens with zero attached hydrogens (tertiary/aromatic N) is 5. The maximum absolute atomic E-state index is 6.10. The molecule has 1 saturated carbocycles. The summed E-state index contributed by atoms with van der Waals surface area (Å²) in [6, 6.07) is 1.11. The average molecular weight is 365 g/mol. The summed E-state index contributed by atoms with van der Waals surface area (Å²) < 4.78 is 7.34. The van der Waals surface area contributed by atoms with Crippen LogP contribution in [-0.2, 0) is 11.3 Å². The summed E-state index contributed by atoms with van der Waals surface area (Å²) in [5.74, 6) is 0.761. The van der Waals surface area contributed by atoms with Crippen LogP contribution in [0.5, 0.6) is 0 Å². The Morgan fingerprint density at radius 1 is 1.20 bits per heavy atom. The monoisotopic (exact) mass is 364 g/mol. The third-order valence-electron chi connectivity index (χ3n) is 5.31. The molecule has 0 spiro atoms. The number of hydrogen-bond donors (Lipinski definition) is 1. The minimum atomic E-state index is 0.271. The van der Waals surface area contributed by atoms with Crippen molar-refractivity contribution in [3.63, 3.8) is 0 Å². The van der Waals surface area contributed by atoms with Crippen LogP contribution in [0, 0.1) is 0 Å². The van der Waals surface area contributed by atoms with Gasteiger partial charge in [0.15, 0.2) is 11.3 Å². The van der Waals surface area contributed by atoms with Gasteiger partial charge in [-0.25, -0.2) is 4.98 Å². The summed E-state index contributed by atoms with van der Waals surface area (Å²) in [7, 11) is 0. The van der Waals surface area contributed by atoms with Gasteiger partial charge in [-0.1, -0.05) is 0 Å². The van der Waals surface area contributed by atoms with Crippen molar-refractivity contribution in [3.8, 4) is 0 Å². The van der Waals surface area contributed by atoms with Crippen LogP contribution in [0.25, 0.3) is 11.0 Å². The number of halogens is 1. The lowest BCUT2D eigenvalue weighted by molar-refractivity contribution is 0.00791. The Labute approximate surface area is 152 Å². The minimum absolute atomic E-state index is 0.271. The molecule has 2 aliphatic rings. The molecular weight excluding hydrogens is 340 g/mol. The van der Waals surface area contributed by atoms with Gasteiger partial charge in [0, 0.05) is 31.7 Å². The van der Waals surface area contributed by atoms with Gasteiger partial charge in [0.2, 0.25) is 5.28 Å². The second kappa shape index (κ2) is 7.43. The van der Waals surface area contributed by atoms with E-state index in [1.165, 1.54) is 12.8 Å². The zero-order valence-electron chi connectivity index (χ0n) is 14.6. The topological polar surface area (TPSA) is 68.1 Å². The maximum Gasteiger partial charge on any atom is 0.225 e. The predicted molar refractivity (Wildman–Crippen MR) is 98.1 cm³/mol. The van der Waals surface area contributed by atoms with Crippen LogP contribution in [0.4, 0.5) is 5.82 Å². The number of aryl methyl sites for hydroxylation is 1. The molecule has 2 fully saturated rings. The Hall–Kier alpha value is -1.44. The molecule has 0 aromatic carbocycles. The minimum Gasteiger partial charge on any atom is -0.379 e. The Morgan fingerprint density at radius 3 is 2.68 bits per heavy atom. The van der Waals surface area contributed by atoms with Crippen LogP contribution in [0.1, 0.15) is 32.6 Å². The molecule has 136 valence electrons. The van der Waals surface area contributed by atoms with E-state index in [2.05, 4.69) is 32.2 Å². The lowest BCUT2D eigenvalue weighted by Gasteiger charge is -2.39. The fourth-order valence-corrected chi connectivity index (χ4v) is 4.09. The van der Waals surface area contributed by atoms with E-state index in [1.54, 1.807) is 0 Å². The molecule has 0 unspecified atom stereocenters. The third-order valence-corrected chi connectivity index (χ3v) is 5.48. The van der Waals surface area contributed by atoms with Gasteiger partial charge in [0.05, 0.1) is 19.4 Å². The highest BCUT2D eigenvalue weighted by Crippen LogP contribution is 2.28. The largest absolute Gasteiger partial charge is 0.379 e. The molecule has 2 aromatic rings. The van der Waals surface area contributed by atoms with E-state index in [-0.39, 0.29) is 5.28 Å². The van der Waals surface area contributed by atoms with Crippen molar-refractivity contribution < 1.29 is 4.74 Å². The van der Waals surface area contributed by atoms with Gasteiger partial charge in [-0.3, -0.25) is 9.58 Å². The van der Waals surface area contributed by atoms with Crippen molar-refractivity contribution in [1.29, 1.82) is 0 Å². The van der Waals surface area contributed by atoms with E-state index < -0.39 is 0 Å². The van der Waals surface area contributed by atoms with Gasteiger partial charge in [-0.05, 0) is 44.2 Å². The molecule has 1 N–H and O–H groups in total. The van der Waals surface area contributed by atoms with Gasteiger partial charge in [0.1, 0.15) is 5.52 Å². The lowest BCUT2D eigenvalue weighted by Crippen LogP contribution is -2.46. The van der Waals surface area contributed by atoms with E-state index in [0.717, 1.165) is 62.5 Å². The van der Waals surface area contributed by atoms with Crippen molar-refractivity contribution in [2.75, 3.05) is 31.6 Å². The number of nitrogens with one attached hydrogen (secondary N) is 1. The van der Waals surface area contributed by atoms with Crippen LogP contribution in [0.2, 0.25) is 5.28 Å². The van der Waals surface area contributed by atoms with Crippen molar-refractivity contribution >= 4 is 28.5 Å². The SMILES string of the molecule is CCn1cc2nc(Cl)nc(N[C@H]3CC[C@H](N4CCOCC4)CC3)c2n1. The number of anilines is 1. The fraction of sp³-hybridized carbons (Fsp3) is 0.706. The average Bonchev–Trinajstić information content (AvgIpc) is 3.06. The second-order valence-electron chi connectivity index (χ2n) is 6.86. The molecule has 0 radical (unpaired) electrons. The number of hydrogen-bond acceptors (Lipinski definition) is 6. The van der Waals surface area contributed by atoms with Gasteiger partial charge >= 0.3 is 0 Å². The van der Waals surface area contributed by atoms with E-state index >= 15 is 0 Å². The van der Waals surface area contributed by atoms with Crippen LogP contribution in [0.15, 0.2) is 6.20 Å². The van der Waals surface area contributed by atoms with E-state index in [9.17, 15) is 0 Å². The van der Waals surface area contributed by atoms with Crippen LogP contribution in [0.3, 0.4) is 0 Å². The molecule has 8 heteroatoms. The first-order chi connectivity index (χ1) is 12.2. The van der Waals surface area contributed by atoms with Crippen molar-refractivity contribution in [1.82, 2.24) is 24.6 Å². The lowest BCUT2D eigenvalue weighted by atomic mass is 9.90. The Morgan fingerprint density at radius 2 is 1.96 bits per heavy atom. The summed E-state index contributed by atoms with van der Waals surface area (Å²) in [5, 5.41) is 8.42. The normalized spacial score (nSPS) is 25.4. The first kappa shape index (κ1) is 17.0. The molecule has 25 heavy (non-hydrogen) atoms. The summed E-state index contributed by atoms with van der Waals surface area (Å²) in [6.07, 6.45) is 6.62. The quantitative estimate of drug-likeness (QED) is 0.841. The van der Waals surface area contributed by atoms with Crippen LogP contribution < -0.4 is 5.32 Å². The number of aromatic nitrogens is 4. The first-order valence-corrected chi connectivity index (χ1v) is 9.59. The number of morpholine rings is 1. The Bertz CT molecular complexity index is 721. The molecule has 0 atom stereocenters. The second-order valence-corrected chi connectivity index (χ2v) is 7.20. The summed E-state index contributed by atoms with van der Waals surface area (Å²) >= 11 is 6.10. The molecule has 4 rings (SSSR count). The number of rotatable bonds is 4. The third kappa shape index (κ3) is 3.73. The summed E-state index contributed by atoms with van der Waals surface area (Å²) in [6.45, 7) is 6.74. The highest BCUT2D eigenvalue weighted by atomic mass is 35.5. The molecular formula is C17H25ClN6O. The molecule has 1 aliphatic carbocycles. The van der Waals surface area contributed by atoms with Crippen molar-refractivity contribution in [2.24, 2.45) is 0 Å². The van der Waals surface area contributed by atoms with E-state index in [4.69, 9.17) is 16.3 Å². The zero-order chi connectivity index (χ0) is 17.2. The number of ether oxygens (including phenoxy) is 1. The highest BCUT2D eigenvalue weighted by molar-refractivity contribution is 6.28. The van der Waals surface area contributed by atoms with Gasteiger partial charge < -0.3 is 10.1 Å². The molecule has 1 aliphatic heterocycles. The molecule has 7 nitrogen and oxygen atoms in total. The van der Waals surface area contributed by atoms with Crippen molar-refractivity contribution in [3.05, 3.63) is 11.5 Å². The molecule has 1 saturated heterocycles. The smallest absolute Gasteiger partial charge is 0.225 e. The number of fused-ring (bicyclic) bond motifs is 1. The molecule has 0 bridgehead atoms. The van der Waals surface area contributed by atoms with E-state index in [1.807, 2.05) is 10.9 Å². The Balaban J connectivity index is 1.43. The van der Waals surface area contributed by atoms with E-state index in [0.29, 0.717) is 12.1 Å². The fourth-order valence-electron chi connectivity index (χ4n) is 3.91. The standard InChI is InChI=1S/C17H25ClN6O/c1-2-24-11-14-15(22-24)16(21-17(18)20-14)19-12-3-5-13(6-4-12)23-7-9-25-10-8-23/h11-13H,2-10H2,1H3,(H,19,20,21)/t12-,13-. The summed E-state index contributed by atoms with van der Waals surface area (Å²) in [4.78, 5) is 11.3. The maximum atomic E-state index is 6.10. The van der Waals surface area contributed by atoms with Gasteiger partial charge in [-0.2, -0.15) is 10.1 Å². The first-order valence-electron chi connectivity index (χ1n) is 9.22. The Kier molecular flexibility index (Phi) is 5.05. The molecule has 2 aromatic heterocycles. The molecule has 0 amide bonds. The van der Waals surface area contributed by atoms with Crippen LogP contribution >= 0.6 is 11.6 Å². The van der Waals surface area contributed by atoms with Crippen molar-refractivity contribution in [2.45, 2.75) is 51.2 Å².